The lowest BCUT2D eigenvalue weighted by Crippen LogP contribution is -2.22. The summed E-state index contributed by atoms with van der Waals surface area (Å²) in [6.07, 6.45) is 13.4. The van der Waals surface area contributed by atoms with Gasteiger partial charge in [-0.05, 0) is 124 Å². The molecule has 0 unspecified atom stereocenters. The summed E-state index contributed by atoms with van der Waals surface area (Å²) in [5.74, 6) is 8.29. The molecule has 17 aromatic rings. The van der Waals surface area contributed by atoms with E-state index in [0.717, 1.165) is 101 Å². The minimum Gasteiger partial charge on any atom is -0.422 e. The molecule has 22 rings (SSSR count). The van der Waals surface area contributed by atoms with E-state index in [2.05, 4.69) is 200 Å². The molecular weight excluding hydrogens is 1740 g/mol. The molecule has 33 heteroatoms. The van der Waals surface area contributed by atoms with Crippen LogP contribution in [-0.4, -0.2) is 108 Å². The summed E-state index contributed by atoms with van der Waals surface area (Å²) in [5.41, 5.74) is 21.3. The van der Waals surface area contributed by atoms with Crippen LogP contribution in [0.2, 0.25) is 20.1 Å². The number of anilines is 2. The Morgan fingerprint density at radius 1 is 0.326 bits per heavy atom. The number of hydrogen-bond acceptors (Lipinski definition) is 24. The number of halogens is 4. The van der Waals surface area contributed by atoms with Crippen molar-refractivity contribution in [2.75, 3.05) is 10.6 Å². The van der Waals surface area contributed by atoms with E-state index in [-0.39, 0.29) is 32.1 Å². The fraction of sp³-hybridized carbons (Fsp3) is 0.0625. The molecule has 0 spiro atoms. The Hall–Kier alpha value is -15.5. The molecule has 0 atom stereocenters. The molecule has 0 saturated heterocycles. The molecule has 0 saturated carbocycles. The molecule has 5 aliphatic rings. The molecule has 0 aliphatic carbocycles. The van der Waals surface area contributed by atoms with Crippen molar-refractivity contribution >= 4 is 207 Å². The average molecular weight is 1810 g/mol. The predicted molar refractivity (Wildman–Crippen MR) is 518 cm³/mol. The van der Waals surface area contributed by atoms with Gasteiger partial charge in [0.2, 0.25) is 10.3 Å². The molecule has 0 radical (unpaired) electrons. The summed E-state index contributed by atoms with van der Waals surface area (Å²) in [6, 6.07) is 70.8. The lowest BCUT2D eigenvalue weighted by Gasteiger charge is -2.14. The summed E-state index contributed by atoms with van der Waals surface area (Å²) >= 11 is 28.4. The number of hydrogen-bond donors (Lipinski definition) is 5. The zero-order valence-electron chi connectivity index (χ0n) is 69.1. The second-order valence-corrected chi connectivity index (χ2v) is 32.2. The number of amidine groups is 10. The normalized spacial score (nSPS) is 15.5. The minimum atomic E-state index is 0.144. The number of para-hydroxylation sites is 4. The number of aryl methyl sites for hydroxylation is 6. The van der Waals surface area contributed by atoms with Crippen molar-refractivity contribution in [2.24, 2.45) is 49.9 Å². The van der Waals surface area contributed by atoms with E-state index in [0.29, 0.717) is 80.8 Å². The quantitative estimate of drug-likeness (QED) is 0.0627. The van der Waals surface area contributed by atoms with Gasteiger partial charge in [0, 0.05) is 111 Å². The van der Waals surface area contributed by atoms with Gasteiger partial charge in [-0.2, -0.15) is 29.9 Å². The molecule has 0 fully saturated rings. The Labute approximate surface area is 765 Å². The van der Waals surface area contributed by atoms with Gasteiger partial charge in [-0.25, -0.2) is 69.8 Å². The maximum Gasteiger partial charge on any atom is 0.324 e. The number of oxazole rings is 2. The third kappa shape index (κ3) is 19.1. The van der Waals surface area contributed by atoms with Crippen molar-refractivity contribution in [3.05, 3.63) is 388 Å². The van der Waals surface area contributed by atoms with Crippen LogP contribution in [0.5, 0.6) is 0 Å². The smallest absolute Gasteiger partial charge is 0.324 e. The molecule has 5 N–H and O–H groups in total. The minimum absolute atomic E-state index is 0.144. The number of thiazole rings is 2. The van der Waals surface area contributed by atoms with Gasteiger partial charge in [-0.15, -0.1) is 22.7 Å². The van der Waals surface area contributed by atoms with Crippen LogP contribution < -0.4 is 26.6 Å². The van der Waals surface area contributed by atoms with Crippen LogP contribution >= 0.6 is 69.1 Å². The number of fused-ring (bicyclic) bond motifs is 7. The summed E-state index contributed by atoms with van der Waals surface area (Å²) < 4.78 is 11.5. The summed E-state index contributed by atoms with van der Waals surface area (Å²) in [5, 5.41) is 22.4. The molecule has 5 aliphatic heterocycles. The van der Waals surface area contributed by atoms with Gasteiger partial charge in [0.1, 0.15) is 63.5 Å². The maximum atomic E-state index is 6.46. The van der Waals surface area contributed by atoms with Gasteiger partial charge < -0.3 is 35.4 Å². The van der Waals surface area contributed by atoms with Crippen LogP contribution in [0.4, 0.5) is 57.2 Å². The lowest BCUT2D eigenvalue weighted by molar-refractivity contribution is 0.613. The molecule has 0 amide bonds. The number of aromatic nitrogens is 10. The number of rotatable bonds is 10. The maximum absolute atomic E-state index is 6.46. The number of nitrogens with zero attached hydrogens (tertiary/aromatic N) is 20. The van der Waals surface area contributed by atoms with E-state index >= 15 is 0 Å². The van der Waals surface area contributed by atoms with Gasteiger partial charge in [0.25, 0.3) is 11.9 Å². The highest BCUT2D eigenvalue weighted by Gasteiger charge is 2.34. The summed E-state index contributed by atoms with van der Waals surface area (Å²) in [6.45, 7) is 12.7. The van der Waals surface area contributed by atoms with E-state index < -0.39 is 0 Å². The van der Waals surface area contributed by atoms with Crippen LogP contribution in [0, 0.1) is 41.5 Å². The second kappa shape index (κ2) is 38.1. The Morgan fingerprint density at radius 2 is 0.729 bits per heavy atom. The number of benzene rings is 9. The molecule has 630 valence electrons. The lowest BCUT2D eigenvalue weighted by atomic mass is 10.0. The molecule has 13 heterocycles. The van der Waals surface area contributed by atoms with Crippen molar-refractivity contribution in [2.45, 2.75) is 41.5 Å². The van der Waals surface area contributed by atoms with Gasteiger partial charge in [0.05, 0.1) is 36.9 Å². The number of nitrogens with one attached hydrogen (secondary N) is 5. The van der Waals surface area contributed by atoms with E-state index in [1.165, 1.54) is 56.1 Å². The number of aliphatic imine (C=N–C) groups is 10. The van der Waals surface area contributed by atoms with Gasteiger partial charge in [-0.1, -0.05) is 215 Å². The fourth-order valence-corrected chi connectivity index (χ4v) is 16.4. The van der Waals surface area contributed by atoms with E-state index in [4.69, 9.17) is 65.2 Å². The highest BCUT2D eigenvalue weighted by atomic mass is 35.5. The monoisotopic (exact) mass is 1810 g/mol. The first-order valence-corrected chi connectivity index (χ1v) is 43.3. The van der Waals surface area contributed by atoms with Crippen molar-refractivity contribution in [3.8, 4) is 0 Å². The van der Waals surface area contributed by atoms with Gasteiger partial charge in [-0.3, -0.25) is 0 Å². The van der Waals surface area contributed by atoms with Crippen LogP contribution in [-0.2, 0) is 0 Å². The zero-order chi connectivity index (χ0) is 88.4. The zero-order valence-corrected chi connectivity index (χ0v) is 73.8. The van der Waals surface area contributed by atoms with E-state index in [9.17, 15) is 0 Å². The molecule has 0 bridgehead atoms. The van der Waals surface area contributed by atoms with Gasteiger partial charge >= 0.3 is 12.0 Å². The van der Waals surface area contributed by atoms with Crippen LogP contribution in [0.3, 0.4) is 0 Å². The van der Waals surface area contributed by atoms with Crippen LogP contribution in [0.1, 0.15) is 89.0 Å². The molecular formula is C96H69Cl4N25O2S2. The number of pyridine rings is 2. The Morgan fingerprint density at radius 3 is 1.18 bits per heavy atom. The van der Waals surface area contributed by atoms with E-state index in [1.54, 1.807) is 79.9 Å². The largest absolute Gasteiger partial charge is 0.422 e. The van der Waals surface area contributed by atoms with Gasteiger partial charge in [0.15, 0.2) is 28.7 Å². The third-order valence-corrected chi connectivity index (χ3v) is 23.1. The average Bonchev–Trinajstić information content (AvgIpc) is 1.57. The van der Waals surface area contributed by atoms with E-state index in [1.807, 2.05) is 156 Å². The Kier molecular flexibility index (Phi) is 24.9. The predicted octanol–water partition coefficient (Wildman–Crippen LogP) is 22.6. The first-order chi connectivity index (χ1) is 63.0. The molecule has 9 aromatic carbocycles. The highest BCUT2D eigenvalue weighted by molar-refractivity contribution is 7.13. The molecule has 8 aromatic heterocycles. The van der Waals surface area contributed by atoms with Crippen molar-refractivity contribution in [1.29, 1.82) is 0 Å². The second-order valence-electron chi connectivity index (χ2n) is 28.9. The standard InChI is InChI=1S/C26H27N3.C22H13N5O2.C18H9Cl4N5.C16H11N7.C14H9N5S2/c1-15-11-17(3)23(18(4)12-15)27-25-21-9-7-8-10-22(21)26(29-25)28-24-19(5)13-16(2)14-20(24)6;1-2-8-14-13(7-1)19(26-21-23-15-9-3-5-11-17(15)28-21)25-20(14)27-22-24-16-10-4-6-12-18(16)29-22;19-13-11-12(14(20)16(22)15(13)21)18(26-10-6-2-4-8-24-10)27-17(11)25-9-5-1-3-7-23-9;1-2-6-12-11(5-1)13(22-15-17-7-3-8-18-15)21-14(12)23-16-19-9-4-10-20-16;1-2-4-10-9(3-1)11(18-13-15-5-7-20-13)17-12(10)19-14-16-6-8-21-14/h7-14H,1-6H3,(H,27,28,29);1-12H,(H,23,24,25,26,27);1-8H,(H,23,24,25,26,27);1-10H,(H,17,18,19,20,21,22,23);1-8H,(H,15,16,17,18,19). The molecule has 27 nitrogen and oxygen atoms in total. The van der Waals surface area contributed by atoms with Crippen LogP contribution in [0.25, 0.3) is 22.2 Å². The molecule has 129 heavy (non-hydrogen) atoms. The summed E-state index contributed by atoms with van der Waals surface area (Å²) in [7, 11) is 0. The SMILES string of the molecule is Cc1cc(C)c(N=C2N=C(Nc3c(C)cc(C)cc3C)c3ccccc32)c(C)c1.Clc1c(Cl)c(Cl)c2c(c1Cl)C(=Nc1ccccn1)N=C2Nc1ccccn1.c1ccc2c(c1)C(=Nc1nc3ccccc3o1)NC2=Nc1nc2ccccc2o1.c1ccc2c(c1)C(=Nc1nccs1)NC2=Nc1nccs1.c1cnc(N=C2NC(=Nc3ncccn3)c3ccccc32)nc1. The Balaban J connectivity index is 0.000000109. The Bertz CT molecular complexity index is 7100. The topological polar surface area (TPSA) is 339 Å². The first kappa shape index (κ1) is 84.3. The highest BCUT2D eigenvalue weighted by Crippen LogP contribution is 2.45. The van der Waals surface area contributed by atoms with Crippen molar-refractivity contribution in [1.82, 2.24) is 65.8 Å². The van der Waals surface area contributed by atoms with Crippen LogP contribution in [0.15, 0.2) is 337 Å². The fourth-order valence-electron chi connectivity index (χ4n) is 14.4. The summed E-state index contributed by atoms with van der Waals surface area (Å²) in [4.78, 5) is 88.2. The van der Waals surface area contributed by atoms with Crippen molar-refractivity contribution < 1.29 is 8.83 Å². The van der Waals surface area contributed by atoms with Crippen molar-refractivity contribution in [3.63, 3.8) is 0 Å². The first-order valence-electron chi connectivity index (χ1n) is 40.0. The third-order valence-electron chi connectivity index (χ3n) is 19.9.